The summed E-state index contributed by atoms with van der Waals surface area (Å²) < 4.78 is 27.7. The van der Waals surface area contributed by atoms with E-state index in [9.17, 15) is 13.2 Å². The first kappa shape index (κ1) is 21.8. The summed E-state index contributed by atoms with van der Waals surface area (Å²) in [5.74, 6) is -0.683. The van der Waals surface area contributed by atoms with Gasteiger partial charge in [0, 0.05) is 34.6 Å². The van der Waals surface area contributed by atoms with Crippen molar-refractivity contribution in [2.75, 3.05) is 24.7 Å². The zero-order chi connectivity index (χ0) is 20.3. The number of amides is 1. The van der Waals surface area contributed by atoms with Gasteiger partial charge in [-0.1, -0.05) is 52.4 Å². The van der Waals surface area contributed by atoms with Gasteiger partial charge < -0.3 is 5.32 Å². The van der Waals surface area contributed by atoms with Gasteiger partial charge in [-0.25, -0.2) is 12.7 Å². The van der Waals surface area contributed by atoms with Crippen LogP contribution in [0.1, 0.15) is 18.4 Å². The number of benzene rings is 1. The molecule has 7 nitrogen and oxygen atoms in total. The molecule has 1 amide bonds. The second-order valence-corrected chi connectivity index (χ2v) is 11.0. The Hall–Kier alpha value is -0.910. The van der Waals surface area contributed by atoms with E-state index in [0.29, 0.717) is 33.6 Å². The predicted molar refractivity (Wildman–Crippen MR) is 114 cm³/mol. The Balaban J connectivity index is 1.58. The van der Waals surface area contributed by atoms with Gasteiger partial charge in [-0.2, -0.15) is 0 Å². The second kappa shape index (κ2) is 9.27. The molecule has 28 heavy (non-hydrogen) atoms. The number of piperidine rings is 1. The van der Waals surface area contributed by atoms with Gasteiger partial charge in [0.2, 0.25) is 21.1 Å². The maximum Gasteiger partial charge on any atom is 0.229 e. The first-order valence-corrected chi connectivity index (χ1v) is 12.8. The maximum absolute atomic E-state index is 12.8. The molecule has 1 N–H and O–H groups in total. The Kier molecular flexibility index (Phi) is 7.21. The van der Waals surface area contributed by atoms with Gasteiger partial charge in [0.25, 0.3) is 0 Å². The van der Waals surface area contributed by atoms with Gasteiger partial charge in [0.15, 0.2) is 4.34 Å². The smallest absolute Gasteiger partial charge is 0.229 e. The van der Waals surface area contributed by atoms with E-state index in [4.69, 9.17) is 23.2 Å². The van der Waals surface area contributed by atoms with E-state index >= 15 is 0 Å². The summed E-state index contributed by atoms with van der Waals surface area (Å²) in [6, 6.07) is 4.90. The van der Waals surface area contributed by atoms with Crippen molar-refractivity contribution < 1.29 is 13.2 Å². The number of hydrogen-bond donors (Lipinski definition) is 1. The molecule has 0 unspecified atom stereocenters. The highest BCUT2D eigenvalue weighted by atomic mass is 35.5. The Morgan fingerprint density at radius 2 is 1.93 bits per heavy atom. The van der Waals surface area contributed by atoms with Crippen LogP contribution in [0.15, 0.2) is 22.5 Å². The minimum atomic E-state index is -3.58. The van der Waals surface area contributed by atoms with Crippen LogP contribution in [0.5, 0.6) is 0 Å². The third kappa shape index (κ3) is 5.17. The minimum Gasteiger partial charge on any atom is -0.300 e. The summed E-state index contributed by atoms with van der Waals surface area (Å²) in [7, 11) is -3.58. The lowest BCUT2D eigenvalue weighted by molar-refractivity contribution is -0.120. The molecule has 0 bridgehead atoms. The monoisotopic (exact) mass is 480 g/mol. The van der Waals surface area contributed by atoms with Crippen LogP contribution >= 0.6 is 46.3 Å². The molecule has 1 aromatic heterocycles. The van der Waals surface area contributed by atoms with Crippen molar-refractivity contribution in [2.24, 2.45) is 5.92 Å². The van der Waals surface area contributed by atoms with Crippen molar-refractivity contribution in [3.63, 3.8) is 0 Å². The highest BCUT2D eigenvalue weighted by Gasteiger charge is 2.32. The molecule has 0 saturated carbocycles. The standard InChI is InChI=1S/C16H18Cl2N4O3S3/c1-26-16-21-20-15(27-16)19-14(23)10-5-7-22(8-6-10)28(24,25)9-11-12(17)3-2-4-13(11)18/h2-4,10H,5-9H2,1H3,(H,19,20,23). The molecule has 3 rings (SSSR count). The van der Waals surface area contributed by atoms with E-state index in [1.165, 1.54) is 27.4 Å². The molecule has 0 aliphatic carbocycles. The largest absolute Gasteiger partial charge is 0.300 e. The van der Waals surface area contributed by atoms with E-state index < -0.39 is 10.0 Å². The first-order valence-electron chi connectivity index (χ1n) is 8.39. The summed E-state index contributed by atoms with van der Waals surface area (Å²) in [6.45, 7) is 0.545. The molecule has 2 heterocycles. The van der Waals surface area contributed by atoms with Crippen molar-refractivity contribution in [2.45, 2.75) is 22.9 Å². The number of thioether (sulfide) groups is 1. The van der Waals surface area contributed by atoms with Gasteiger partial charge in [0.1, 0.15) is 0 Å². The molecule has 1 aliphatic heterocycles. The summed E-state index contributed by atoms with van der Waals surface area (Å²) >= 11 is 15.0. The molecule has 12 heteroatoms. The summed E-state index contributed by atoms with van der Waals surface area (Å²) in [6.07, 6.45) is 2.77. The average molecular weight is 481 g/mol. The number of halogens is 2. The molecule has 1 aliphatic rings. The second-order valence-electron chi connectivity index (χ2n) is 6.20. The third-order valence-electron chi connectivity index (χ3n) is 4.42. The number of hydrogen-bond acceptors (Lipinski definition) is 7. The summed E-state index contributed by atoms with van der Waals surface area (Å²) in [4.78, 5) is 12.4. The normalized spacial score (nSPS) is 16.2. The van der Waals surface area contributed by atoms with Crippen LogP contribution in [0.2, 0.25) is 10.0 Å². The Labute approximate surface area is 181 Å². The zero-order valence-electron chi connectivity index (χ0n) is 14.9. The van der Waals surface area contributed by atoms with Gasteiger partial charge in [-0.05, 0) is 31.2 Å². The molecular weight excluding hydrogens is 463 g/mol. The van der Waals surface area contributed by atoms with E-state index in [1.54, 1.807) is 18.2 Å². The van der Waals surface area contributed by atoms with Gasteiger partial charge in [-0.3, -0.25) is 4.79 Å². The van der Waals surface area contributed by atoms with Gasteiger partial charge >= 0.3 is 0 Å². The molecular formula is C16H18Cl2N4O3S3. The fraction of sp³-hybridized carbons (Fsp3) is 0.438. The third-order valence-corrected chi connectivity index (χ3v) is 8.75. The lowest BCUT2D eigenvalue weighted by Crippen LogP contribution is -2.41. The number of nitrogens with one attached hydrogen (secondary N) is 1. The van der Waals surface area contributed by atoms with E-state index in [1.807, 2.05) is 6.26 Å². The highest BCUT2D eigenvalue weighted by Crippen LogP contribution is 2.29. The number of carbonyl (C=O) groups is 1. The van der Waals surface area contributed by atoms with Crippen molar-refractivity contribution in [3.8, 4) is 0 Å². The molecule has 1 fully saturated rings. The van der Waals surface area contributed by atoms with Crippen LogP contribution in [0.3, 0.4) is 0 Å². The van der Waals surface area contributed by atoms with Crippen molar-refractivity contribution >= 4 is 67.4 Å². The average Bonchev–Trinajstić information content (AvgIpc) is 3.12. The number of rotatable bonds is 6. The molecule has 1 saturated heterocycles. The number of sulfonamides is 1. The van der Waals surface area contributed by atoms with E-state index in [0.717, 1.165) is 4.34 Å². The van der Waals surface area contributed by atoms with E-state index in [2.05, 4.69) is 15.5 Å². The number of carbonyl (C=O) groups excluding carboxylic acids is 1. The fourth-order valence-corrected chi connectivity index (χ4v) is 6.38. The van der Waals surface area contributed by atoms with Crippen LogP contribution in [0.4, 0.5) is 5.13 Å². The zero-order valence-corrected chi connectivity index (χ0v) is 18.9. The Morgan fingerprint density at radius 3 is 2.50 bits per heavy atom. The van der Waals surface area contributed by atoms with Gasteiger partial charge in [-0.15, -0.1) is 10.2 Å². The van der Waals surface area contributed by atoms with Crippen LogP contribution in [0.25, 0.3) is 0 Å². The number of nitrogens with zero attached hydrogens (tertiary/aromatic N) is 3. The Morgan fingerprint density at radius 1 is 1.29 bits per heavy atom. The molecule has 152 valence electrons. The van der Waals surface area contributed by atoms with Crippen molar-refractivity contribution in [1.82, 2.24) is 14.5 Å². The summed E-state index contributed by atoms with van der Waals surface area (Å²) in [5.41, 5.74) is 0.395. The topological polar surface area (TPSA) is 92.3 Å². The van der Waals surface area contributed by atoms with E-state index in [-0.39, 0.29) is 30.7 Å². The SMILES string of the molecule is CSc1nnc(NC(=O)C2CCN(S(=O)(=O)Cc3c(Cl)cccc3Cl)CC2)s1. The van der Waals surface area contributed by atoms with Crippen molar-refractivity contribution in [1.29, 1.82) is 0 Å². The molecule has 0 atom stereocenters. The van der Waals surface area contributed by atoms with Crippen LogP contribution in [0, 0.1) is 5.92 Å². The molecule has 2 aromatic rings. The fourth-order valence-electron chi connectivity index (χ4n) is 2.89. The lowest BCUT2D eigenvalue weighted by Gasteiger charge is -2.30. The molecule has 1 aromatic carbocycles. The molecule has 0 spiro atoms. The first-order chi connectivity index (χ1) is 13.3. The molecule has 0 radical (unpaired) electrons. The maximum atomic E-state index is 12.8. The highest BCUT2D eigenvalue weighted by molar-refractivity contribution is 8.00. The number of anilines is 1. The predicted octanol–water partition coefficient (Wildman–Crippen LogP) is 3.75. The Bertz CT molecular complexity index is 940. The van der Waals surface area contributed by atoms with Crippen LogP contribution < -0.4 is 5.32 Å². The van der Waals surface area contributed by atoms with Crippen LogP contribution in [-0.4, -0.2) is 48.2 Å². The number of aromatic nitrogens is 2. The quantitative estimate of drug-likeness (QED) is 0.499. The summed E-state index contributed by atoms with van der Waals surface area (Å²) in [5, 5.41) is 11.7. The van der Waals surface area contributed by atoms with Crippen molar-refractivity contribution in [3.05, 3.63) is 33.8 Å². The minimum absolute atomic E-state index is 0.157. The lowest BCUT2D eigenvalue weighted by atomic mass is 9.97. The van der Waals surface area contributed by atoms with Gasteiger partial charge in [0.05, 0.1) is 5.75 Å². The van der Waals surface area contributed by atoms with Crippen LogP contribution in [-0.2, 0) is 20.6 Å².